The molecule has 1 heterocycles. The van der Waals surface area contributed by atoms with Crippen molar-refractivity contribution >= 4 is 11.5 Å². The van der Waals surface area contributed by atoms with Crippen LogP contribution in [0.1, 0.15) is 62.6 Å². The Morgan fingerprint density at radius 2 is 2.24 bits per heavy atom. The van der Waals surface area contributed by atoms with Crippen molar-refractivity contribution < 1.29 is 0 Å². The van der Waals surface area contributed by atoms with Gasteiger partial charge in [0.05, 0.1) is 10.6 Å². The van der Waals surface area contributed by atoms with Crippen LogP contribution in [0.2, 0.25) is 0 Å². The first kappa shape index (κ1) is 14.1. The first-order valence-electron chi connectivity index (χ1n) is 6.19. The highest BCUT2D eigenvalue weighted by Gasteiger charge is 2.19. The van der Waals surface area contributed by atoms with Gasteiger partial charge in [0.1, 0.15) is 0 Å². The second-order valence-corrected chi connectivity index (χ2v) is 5.17. The number of nitrogens with zero attached hydrogens (tertiary/aromatic N) is 2. The highest BCUT2D eigenvalue weighted by Crippen LogP contribution is 2.29. The van der Waals surface area contributed by atoms with Crippen LogP contribution in [0.3, 0.4) is 0 Å². The Morgan fingerprint density at radius 3 is 2.82 bits per heavy atom. The molecule has 0 saturated heterocycles. The molecule has 0 bridgehead atoms. The number of unbranched alkanes of at least 4 members (excludes halogenated alkanes) is 1. The zero-order valence-electron chi connectivity index (χ0n) is 10.9. The quantitative estimate of drug-likeness (QED) is 0.597. The minimum Gasteiger partial charge on any atom is -0.309 e. The van der Waals surface area contributed by atoms with E-state index in [4.69, 9.17) is 6.42 Å². The summed E-state index contributed by atoms with van der Waals surface area (Å²) in [7, 11) is 0. The van der Waals surface area contributed by atoms with Crippen LogP contribution in [0.15, 0.2) is 0 Å². The molecule has 3 nitrogen and oxygen atoms in total. The summed E-state index contributed by atoms with van der Waals surface area (Å²) >= 11 is 1.51. The first-order valence-corrected chi connectivity index (χ1v) is 6.97. The molecule has 0 amide bonds. The normalized spacial score (nSPS) is 12.6. The molecule has 1 atom stereocenters. The second kappa shape index (κ2) is 7.41. The van der Waals surface area contributed by atoms with Gasteiger partial charge in [-0.05, 0) is 36.8 Å². The van der Waals surface area contributed by atoms with Gasteiger partial charge in [-0.15, -0.1) is 17.4 Å². The van der Waals surface area contributed by atoms with Gasteiger partial charge in [0, 0.05) is 12.5 Å². The average Bonchev–Trinajstić information content (AvgIpc) is 2.77. The molecule has 0 aliphatic heterocycles. The molecule has 0 saturated carbocycles. The number of hydrogen-bond acceptors (Lipinski definition) is 4. The summed E-state index contributed by atoms with van der Waals surface area (Å²) in [5.74, 6) is 3.12. The van der Waals surface area contributed by atoms with Gasteiger partial charge in [0.15, 0.2) is 0 Å². The summed E-state index contributed by atoms with van der Waals surface area (Å²) in [6.07, 6.45) is 8.23. The van der Waals surface area contributed by atoms with Gasteiger partial charge in [0.2, 0.25) is 0 Å². The lowest BCUT2D eigenvalue weighted by molar-refractivity contribution is 0.502. The Labute approximate surface area is 108 Å². The van der Waals surface area contributed by atoms with E-state index in [0.29, 0.717) is 12.0 Å². The minimum absolute atomic E-state index is 0.353. The third-order valence-electron chi connectivity index (χ3n) is 2.67. The fraction of sp³-hybridized carbons (Fsp3) is 0.692. The molecule has 1 unspecified atom stereocenters. The van der Waals surface area contributed by atoms with Crippen molar-refractivity contribution in [3.8, 4) is 12.3 Å². The topological polar surface area (TPSA) is 37.8 Å². The van der Waals surface area contributed by atoms with Crippen molar-refractivity contribution in [1.82, 2.24) is 14.9 Å². The van der Waals surface area contributed by atoms with E-state index < -0.39 is 0 Å². The Hall–Kier alpha value is -0.920. The molecular formula is C13H21N3S. The van der Waals surface area contributed by atoms with E-state index in [9.17, 15) is 0 Å². The number of rotatable bonds is 7. The lowest BCUT2D eigenvalue weighted by Crippen LogP contribution is -2.21. The standard InChI is InChI=1S/C13H21N3S/c1-5-7-8-9-11(14-6-2)13-12(10(3)4)15-16-17-13/h1,10-11,14H,6-9H2,2-4H3. The van der Waals surface area contributed by atoms with Crippen LogP contribution in [-0.2, 0) is 0 Å². The van der Waals surface area contributed by atoms with E-state index in [2.05, 4.69) is 41.6 Å². The molecule has 0 fully saturated rings. The maximum absolute atomic E-state index is 5.29. The van der Waals surface area contributed by atoms with Crippen LogP contribution in [0.25, 0.3) is 0 Å². The first-order chi connectivity index (χ1) is 8.20. The van der Waals surface area contributed by atoms with Gasteiger partial charge in [0.25, 0.3) is 0 Å². The van der Waals surface area contributed by atoms with Gasteiger partial charge in [-0.1, -0.05) is 25.3 Å². The van der Waals surface area contributed by atoms with E-state index in [-0.39, 0.29) is 0 Å². The lowest BCUT2D eigenvalue weighted by Gasteiger charge is -2.17. The number of aromatic nitrogens is 2. The van der Waals surface area contributed by atoms with Gasteiger partial charge in [-0.2, -0.15) is 0 Å². The van der Waals surface area contributed by atoms with Crippen LogP contribution in [0, 0.1) is 12.3 Å². The average molecular weight is 251 g/mol. The van der Waals surface area contributed by atoms with Crippen LogP contribution >= 0.6 is 11.5 Å². The molecule has 0 aliphatic carbocycles. The summed E-state index contributed by atoms with van der Waals surface area (Å²) in [5.41, 5.74) is 1.13. The molecule has 0 spiro atoms. The van der Waals surface area contributed by atoms with Gasteiger partial charge >= 0.3 is 0 Å². The Morgan fingerprint density at radius 1 is 1.47 bits per heavy atom. The predicted octanol–water partition coefficient (Wildman–Crippen LogP) is 3.12. The van der Waals surface area contributed by atoms with Crippen molar-refractivity contribution in [2.75, 3.05) is 6.54 Å². The highest BCUT2D eigenvalue weighted by molar-refractivity contribution is 7.05. The maximum Gasteiger partial charge on any atom is 0.0829 e. The molecule has 1 aromatic heterocycles. The minimum atomic E-state index is 0.353. The molecule has 17 heavy (non-hydrogen) atoms. The number of hydrogen-bond donors (Lipinski definition) is 1. The van der Waals surface area contributed by atoms with E-state index in [1.807, 2.05) is 0 Å². The molecule has 1 N–H and O–H groups in total. The van der Waals surface area contributed by atoms with E-state index in [1.54, 1.807) is 0 Å². The molecule has 94 valence electrons. The van der Waals surface area contributed by atoms with Gasteiger partial charge in [-0.25, -0.2) is 0 Å². The van der Waals surface area contributed by atoms with Gasteiger partial charge in [-0.3, -0.25) is 0 Å². The second-order valence-electron chi connectivity index (χ2n) is 4.38. The zero-order valence-corrected chi connectivity index (χ0v) is 11.7. The smallest absolute Gasteiger partial charge is 0.0829 e. The van der Waals surface area contributed by atoms with Crippen molar-refractivity contribution in [2.45, 2.75) is 52.0 Å². The SMILES string of the molecule is C#CCCCC(NCC)c1snnc1C(C)C. The van der Waals surface area contributed by atoms with Crippen LogP contribution < -0.4 is 5.32 Å². The molecule has 0 aromatic carbocycles. The zero-order chi connectivity index (χ0) is 12.7. The van der Waals surface area contributed by atoms with E-state index >= 15 is 0 Å². The van der Waals surface area contributed by atoms with Crippen LogP contribution in [0.5, 0.6) is 0 Å². The molecule has 0 radical (unpaired) electrons. The molecule has 0 aliphatic rings. The van der Waals surface area contributed by atoms with Crippen molar-refractivity contribution in [2.24, 2.45) is 0 Å². The predicted molar refractivity (Wildman–Crippen MR) is 73.1 cm³/mol. The Balaban J connectivity index is 2.74. The lowest BCUT2D eigenvalue weighted by atomic mass is 10.0. The van der Waals surface area contributed by atoms with Gasteiger partial charge < -0.3 is 5.32 Å². The molecule has 1 aromatic rings. The van der Waals surface area contributed by atoms with Crippen molar-refractivity contribution in [3.63, 3.8) is 0 Å². The Kier molecular flexibility index (Phi) is 6.17. The summed E-state index contributed by atoms with van der Waals surface area (Å²) < 4.78 is 4.09. The third kappa shape index (κ3) is 4.10. The number of nitrogens with one attached hydrogen (secondary N) is 1. The third-order valence-corrected chi connectivity index (χ3v) is 3.52. The summed E-state index contributed by atoms with van der Waals surface area (Å²) in [5, 5.41) is 7.74. The fourth-order valence-corrected chi connectivity index (χ4v) is 2.74. The number of terminal acetylenes is 1. The highest BCUT2D eigenvalue weighted by atomic mass is 32.1. The van der Waals surface area contributed by atoms with Crippen molar-refractivity contribution in [3.05, 3.63) is 10.6 Å². The maximum atomic E-state index is 5.29. The molecule has 4 heteroatoms. The molecular weight excluding hydrogens is 230 g/mol. The van der Waals surface area contributed by atoms with E-state index in [0.717, 1.165) is 31.5 Å². The van der Waals surface area contributed by atoms with Crippen molar-refractivity contribution in [1.29, 1.82) is 0 Å². The summed E-state index contributed by atoms with van der Waals surface area (Å²) in [6.45, 7) is 7.39. The van der Waals surface area contributed by atoms with E-state index in [1.165, 1.54) is 16.4 Å². The fourth-order valence-electron chi connectivity index (χ4n) is 1.83. The summed E-state index contributed by atoms with van der Waals surface area (Å²) in [6, 6.07) is 0.353. The largest absolute Gasteiger partial charge is 0.309 e. The molecule has 1 rings (SSSR count). The van der Waals surface area contributed by atoms with Crippen LogP contribution in [-0.4, -0.2) is 16.1 Å². The Bertz CT molecular complexity index is 365. The monoisotopic (exact) mass is 251 g/mol. The van der Waals surface area contributed by atoms with Crippen LogP contribution in [0.4, 0.5) is 0 Å². The summed E-state index contributed by atoms with van der Waals surface area (Å²) in [4.78, 5) is 1.28.